The van der Waals surface area contributed by atoms with Crippen LogP contribution in [0.1, 0.15) is 11.1 Å². The van der Waals surface area contributed by atoms with Gasteiger partial charge in [0.2, 0.25) is 0 Å². The number of non-ortho nitro benzene ring substituents is 1. The summed E-state index contributed by atoms with van der Waals surface area (Å²) in [5.74, 6) is -0.959. The van der Waals surface area contributed by atoms with Gasteiger partial charge in [0.05, 0.1) is 27.2 Å². The van der Waals surface area contributed by atoms with Crippen molar-refractivity contribution in [3.8, 4) is 5.75 Å². The number of carbonyl (C=O) groups is 1. The Kier molecular flexibility index (Phi) is 5.17. The number of anilines is 1. The predicted molar refractivity (Wildman–Crippen MR) is 116 cm³/mol. The average Bonchev–Trinajstić information content (AvgIpc) is 3.10. The third-order valence-electron chi connectivity index (χ3n) is 4.73. The van der Waals surface area contributed by atoms with Crippen LogP contribution >= 0.6 is 0 Å². The second-order valence-electron chi connectivity index (χ2n) is 6.72. The molecule has 0 aromatic heterocycles. The smallest absolute Gasteiger partial charge is 0.282 e. The number of nitro groups is 2. The molecule has 1 amide bonds. The number of aliphatic imine (C=N–C) groups is 1. The zero-order chi connectivity index (χ0) is 22.8. The molecule has 0 radical (unpaired) electrons. The van der Waals surface area contributed by atoms with Crippen LogP contribution in [-0.4, -0.2) is 26.7 Å². The number of phenolic OH excluding ortho intramolecular Hbond substituents is 1. The Labute approximate surface area is 180 Å². The van der Waals surface area contributed by atoms with Gasteiger partial charge in [-0.25, -0.2) is 4.99 Å². The van der Waals surface area contributed by atoms with E-state index >= 15 is 0 Å². The number of hydrogen-bond acceptors (Lipinski definition) is 7. The summed E-state index contributed by atoms with van der Waals surface area (Å²) in [7, 11) is 0. The summed E-state index contributed by atoms with van der Waals surface area (Å²) in [6.45, 7) is 0. The van der Waals surface area contributed by atoms with Crippen LogP contribution in [0.15, 0.2) is 83.5 Å². The van der Waals surface area contributed by atoms with E-state index in [0.29, 0.717) is 5.56 Å². The lowest BCUT2D eigenvalue weighted by Gasteiger charge is -2.19. The fourth-order valence-corrected chi connectivity index (χ4v) is 3.26. The molecule has 0 bridgehead atoms. The quantitative estimate of drug-likeness (QED) is 0.368. The third-order valence-corrected chi connectivity index (χ3v) is 4.73. The summed E-state index contributed by atoms with van der Waals surface area (Å²) in [5.41, 5.74) is 0.106. The van der Waals surface area contributed by atoms with Crippen LogP contribution in [0.4, 0.5) is 17.1 Å². The van der Waals surface area contributed by atoms with Crippen molar-refractivity contribution in [1.82, 2.24) is 0 Å². The van der Waals surface area contributed by atoms with Gasteiger partial charge < -0.3 is 5.11 Å². The Morgan fingerprint density at radius 3 is 2.25 bits per heavy atom. The lowest BCUT2D eigenvalue weighted by Crippen LogP contribution is -2.32. The van der Waals surface area contributed by atoms with Crippen molar-refractivity contribution in [3.63, 3.8) is 0 Å². The molecule has 3 aromatic rings. The van der Waals surface area contributed by atoms with E-state index in [-0.39, 0.29) is 34.2 Å². The lowest BCUT2D eigenvalue weighted by molar-refractivity contribution is -0.385. The highest BCUT2D eigenvalue weighted by Crippen LogP contribution is 2.36. The van der Waals surface area contributed by atoms with Gasteiger partial charge in [-0.1, -0.05) is 42.5 Å². The summed E-state index contributed by atoms with van der Waals surface area (Å²) >= 11 is 0. The number of rotatable bonds is 5. The lowest BCUT2D eigenvalue weighted by atomic mass is 10.1. The van der Waals surface area contributed by atoms with Gasteiger partial charge in [-0.3, -0.25) is 29.9 Å². The van der Waals surface area contributed by atoms with E-state index in [4.69, 9.17) is 0 Å². The van der Waals surface area contributed by atoms with Crippen molar-refractivity contribution < 1.29 is 19.7 Å². The minimum Gasteiger partial charge on any atom is -0.505 e. The van der Waals surface area contributed by atoms with Gasteiger partial charge in [0.25, 0.3) is 17.3 Å². The second kappa shape index (κ2) is 8.11. The van der Waals surface area contributed by atoms with Crippen molar-refractivity contribution in [2.45, 2.75) is 0 Å². The van der Waals surface area contributed by atoms with Gasteiger partial charge in [0.15, 0.2) is 0 Å². The molecule has 1 aliphatic heterocycles. The summed E-state index contributed by atoms with van der Waals surface area (Å²) in [5, 5.41) is 32.8. The van der Waals surface area contributed by atoms with Crippen LogP contribution in [0.2, 0.25) is 0 Å². The Balaban J connectivity index is 1.87. The Bertz CT molecular complexity index is 1320. The van der Waals surface area contributed by atoms with Crippen LogP contribution in [0, 0.1) is 20.2 Å². The fourth-order valence-electron chi connectivity index (χ4n) is 3.26. The van der Waals surface area contributed by atoms with Crippen molar-refractivity contribution in [1.29, 1.82) is 0 Å². The first kappa shape index (κ1) is 20.4. The van der Waals surface area contributed by atoms with Gasteiger partial charge in [-0.2, -0.15) is 0 Å². The normalized spacial score (nSPS) is 14.5. The highest BCUT2D eigenvalue weighted by Gasteiger charge is 2.35. The molecule has 158 valence electrons. The maximum atomic E-state index is 13.3. The van der Waals surface area contributed by atoms with Crippen molar-refractivity contribution in [3.05, 3.63) is 110 Å². The van der Waals surface area contributed by atoms with Crippen LogP contribution in [0.3, 0.4) is 0 Å². The molecule has 32 heavy (non-hydrogen) atoms. The summed E-state index contributed by atoms with van der Waals surface area (Å²) in [6, 6.07) is 17.9. The van der Waals surface area contributed by atoms with Gasteiger partial charge >= 0.3 is 0 Å². The molecule has 0 unspecified atom stereocenters. The van der Waals surface area contributed by atoms with E-state index in [2.05, 4.69) is 4.99 Å². The number of amidine groups is 1. The standard InChI is InChI=1S/C22H14N4O6/c27-20-13-16(25(29)30)10-11-19(20)24-21(14-6-2-1-3-7-14)23-17(22(24)28)12-15-8-4-5-9-18(15)26(31)32/h1-13,27H/b17-12+. The van der Waals surface area contributed by atoms with Gasteiger partial charge in [0.1, 0.15) is 17.3 Å². The average molecular weight is 430 g/mol. The van der Waals surface area contributed by atoms with E-state index in [9.17, 15) is 30.1 Å². The number of nitro benzene ring substituents is 2. The molecule has 0 spiro atoms. The molecule has 1 heterocycles. The first-order valence-corrected chi connectivity index (χ1v) is 9.28. The molecule has 1 N–H and O–H groups in total. The largest absolute Gasteiger partial charge is 0.505 e. The number of hydrogen-bond donors (Lipinski definition) is 1. The number of nitrogens with zero attached hydrogens (tertiary/aromatic N) is 4. The molecule has 0 aliphatic carbocycles. The number of phenols is 1. The number of para-hydroxylation sites is 1. The highest BCUT2D eigenvalue weighted by atomic mass is 16.6. The van der Waals surface area contributed by atoms with E-state index in [1.165, 1.54) is 30.3 Å². The minimum atomic E-state index is -0.665. The highest BCUT2D eigenvalue weighted by molar-refractivity contribution is 6.33. The predicted octanol–water partition coefficient (Wildman–Crippen LogP) is 4.04. The van der Waals surface area contributed by atoms with E-state index in [1.807, 2.05) is 0 Å². The van der Waals surface area contributed by atoms with Crippen LogP contribution in [0.5, 0.6) is 5.75 Å². The van der Waals surface area contributed by atoms with E-state index < -0.39 is 21.5 Å². The molecule has 0 saturated carbocycles. The van der Waals surface area contributed by atoms with Gasteiger partial charge in [-0.05, 0) is 18.2 Å². The Hall–Kier alpha value is -4.86. The zero-order valence-electron chi connectivity index (χ0n) is 16.3. The fraction of sp³-hybridized carbons (Fsp3) is 0. The monoisotopic (exact) mass is 430 g/mol. The summed E-state index contributed by atoms with van der Waals surface area (Å²) < 4.78 is 0. The van der Waals surface area contributed by atoms with Gasteiger partial charge in [-0.15, -0.1) is 0 Å². The summed E-state index contributed by atoms with van der Waals surface area (Å²) in [6.07, 6.45) is 1.30. The molecule has 0 fully saturated rings. The van der Waals surface area contributed by atoms with Crippen LogP contribution in [-0.2, 0) is 4.79 Å². The molecule has 10 nitrogen and oxygen atoms in total. The molecule has 0 saturated heterocycles. The molecular weight excluding hydrogens is 416 g/mol. The van der Waals surface area contributed by atoms with Crippen LogP contribution < -0.4 is 4.90 Å². The van der Waals surface area contributed by atoms with E-state index in [1.54, 1.807) is 36.4 Å². The number of aromatic hydroxyl groups is 1. The molecule has 1 aliphatic rings. The van der Waals surface area contributed by atoms with Crippen LogP contribution in [0.25, 0.3) is 6.08 Å². The van der Waals surface area contributed by atoms with Crippen molar-refractivity contribution in [2.75, 3.05) is 4.90 Å². The molecule has 0 atom stereocenters. The molecule has 3 aromatic carbocycles. The first-order valence-electron chi connectivity index (χ1n) is 9.28. The minimum absolute atomic E-state index is 0.00540. The first-order chi connectivity index (χ1) is 15.4. The molecule has 10 heteroatoms. The number of carbonyl (C=O) groups excluding carboxylic acids is 1. The summed E-state index contributed by atoms with van der Waals surface area (Å²) in [4.78, 5) is 39.9. The third kappa shape index (κ3) is 3.67. The Morgan fingerprint density at radius 1 is 0.906 bits per heavy atom. The SMILES string of the molecule is O=C1/C(=C\c2ccccc2[N+](=O)[O-])N=C(c2ccccc2)N1c1ccc([N+](=O)[O-])cc1O. The van der Waals surface area contributed by atoms with Gasteiger partial charge in [0, 0.05) is 17.7 Å². The van der Waals surface area contributed by atoms with E-state index in [0.717, 1.165) is 17.0 Å². The van der Waals surface area contributed by atoms with Crippen molar-refractivity contribution in [2.24, 2.45) is 4.99 Å². The topological polar surface area (TPSA) is 139 Å². The molecular formula is C22H14N4O6. The maximum absolute atomic E-state index is 13.3. The number of amides is 1. The van der Waals surface area contributed by atoms with Crippen molar-refractivity contribution >= 4 is 34.9 Å². The maximum Gasteiger partial charge on any atom is 0.282 e. The number of benzene rings is 3. The zero-order valence-corrected chi connectivity index (χ0v) is 16.3. The second-order valence-corrected chi connectivity index (χ2v) is 6.72. The molecule has 4 rings (SSSR count). The Morgan fingerprint density at radius 2 is 1.59 bits per heavy atom.